The number of rotatable bonds is 3. The lowest BCUT2D eigenvalue weighted by atomic mass is 9.98. The number of aromatic nitrogens is 1. The van der Waals surface area contributed by atoms with Crippen molar-refractivity contribution in [2.45, 2.75) is 44.8 Å². The van der Waals surface area contributed by atoms with Crippen LogP contribution in [0.3, 0.4) is 0 Å². The zero-order valence-electron chi connectivity index (χ0n) is 9.16. The number of pyridine rings is 1. The van der Waals surface area contributed by atoms with Gasteiger partial charge in [-0.3, -0.25) is 0 Å². The van der Waals surface area contributed by atoms with E-state index in [4.69, 9.17) is 21.4 Å². The molecule has 1 saturated carbocycles. The van der Waals surface area contributed by atoms with E-state index in [9.17, 15) is 0 Å². The summed E-state index contributed by atoms with van der Waals surface area (Å²) in [6.07, 6.45) is 7.75. The Bertz CT molecular complexity index is 351. The summed E-state index contributed by atoms with van der Waals surface area (Å²) >= 11 is 5.86. The van der Waals surface area contributed by atoms with Gasteiger partial charge in [-0.2, -0.15) is 0 Å². The van der Waals surface area contributed by atoms with Crippen LogP contribution < -0.4 is 4.74 Å². The van der Waals surface area contributed by atoms with E-state index >= 15 is 0 Å². The Morgan fingerprint density at radius 2 is 2.12 bits per heavy atom. The Labute approximate surface area is 100 Å². The molecule has 0 radical (unpaired) electrons. The van der Waals surface area contributed by atoms with Gasteiger partial charge in [0, 0.05) is 17.8 Å². The van der Waals surface area contributed by atoms with Gasteiger partial charge in [-0.25, -0.2) is 4.98 Å². The van der Waals surface area contributed by atoms with Crippen molar-refractivity contribution in [2.75, 3.05) is 0 Å². The molecule has 3 nitrogen and oxygen atoms in total. The maximum Gasteiger partial charge on any atom is 0.213 e. The smallest absolute Gasteiger partial charge is 0.213 e. The van der Waals surface area contributed by atoms with E-state index in [1.54, 1.807) is 6.07 Å². The number of nitrogens with zero attached hydrogens (tertiary/aromatic N) is 1. The van der Waals surface area contributed by atoms with Crippen LogP contribution in [-0.4, -0.2) is 16.2 Å². The SMILES string of the molecule is OCc1cc(OC2CCCCC2)ncc1Cl. The number of aliphatic hydroxyl groups is 1. The average molecular weight is 242 g/mol. The van der Waals surface area contributed by atoms with Crippen LogP contribution in [0.4, 0.5) is 0 Å². The molecule has 1 aromatic heterocycles. The third kappa shape index (κ3) is 2.86. The molecule has 0 atom stereocenters. The van der Waals surface area contributed by atoms with Gasteiger partial charge in [0.15, 0.2) is 0 Å². The monoisotopic (exact) mass is 241 g/mol. The molecule has 0 aromatic carbocycles. The highest BCUT2D eigenvalue weighted by molar-refractivity contribution is 6.31. The summed E-state index contributed by atoms with van der Waals surface area (Å²) in [6, 6.07) is 1.72. The Balaban J connectivity index is 2.03. The van der Waals surface area contributed by atoms with Gasteiger partial charge in [0.05, 0.1) is 11.6 Å². The molecule has 1 fully saturated rings. The molecule has 88 valence electrons. The molecule has 1 heterocycles. The van der Waals surface area contributed by atoms with Crippen LogP contribution in [0.5, 0.6) is 5.88 Å². The number of hydrogen-bond acceptors (Lipinski definition) is 3. The van der Waals surface area contributed by atoms with Crippen LogP contribution >= 0.6 is 11.6 Å². The summed E-state index contributed by atoms with van der Waals surface area (Å²) in [7, 11) is 0. The fraction of sp³-hybridized carbons (Fsp3) is 0.583. The third-order valence-corrected chi connectivity index (χ3v) is 3.26. The van der Waals surface area contributed by atoms with Gasteiger partial charge < -0.3 is 9.84 Å². The highest BCUT2D eigenvalue weighted by Gasteiger charge is 2.15. The molecular formula is C12H16ClNO2. The summed E-state index contributed by atoms with van der Waals surface area (Å²) in [4.78, 5) is 4.12. The first-order chi connectivity index (χ1) is 7.79. The minimum atomic E-state index is -0.0810. The van der Waals surface area contributed by atoms with Crippen LogP contribution in [0.2, 0.25) is 5.02 Å². The van der Waals surface area contributed by atoms with E-state index < -0.39 is 0 Å². The molecular weight excluding hydrogens is 226 g/mol. The summed E-state index contributed by atoms with van der Waals surface area (Å²) < 4.78 is 5.77. The second-order valence-corrected chi connectivity index (χ2v) is 4.56. The van der Waals surface area contributed by atoms with Gasteiger partial charge in [-0.05, 0) is 25.7 Å². The van der Waals surface area contributed by atoms with Crippen molar-refractivity contribution in [1.29, 1.82) is 0 Å². The van der Waals surface area contributed by atoms with Gasteiger partial charge in [0.25, 0.3) is 0 Å². The number of ether oxygens (including phenoxy) is 1. The summed E-state index contributed by atoms with van der Waals surface area (Å²) in [5, 5.41) is 9.57. The number of halogens is 1. The molecule has 2 rings (SSSR count). The van der Waals surface area contributed by atoms with E-state index in [-0.39, 0.29) is 12.7 Å². The highest BCUT2D eigenvalue weighted by Crippen LogP contribution is 2.24. The topological polar surface area (TPSA) is 42.4 Å². The first-order valence-corrected chi connectivity index (χ1v) is 6.09. The fourth-order valence-electron chi connectivity index (χ4n) is 2.00. The maximum absolute atomic E-state index is 9.08. The van der Waals surface area contributed by atoms with Gasteiger partial charge in [0.1, 0.15) is 6.10 Å². The van der Waals surface area contributed by atoms with Gasteiger partial charge in [0.2, 0.25) is 5.88 Å². The minimum Gasteiger partial charge on any atom is -0.474 e. The maximum atomic E-state index is 9.08. The molecule has 1 aliphatic carbocycles. The second-order valence-electron chi connectivity index (χ2n) is 4.15. The van der Waals surface area contributed by atoms with E-state index in [0.717, 1.165) is 12.8 Å². The van der Waals surface area contributed by atoms with Crippen LogP contribution in [0.25, 0.3) is 0 Å². The molecule has 1 N–H and O–H groups in total. The predicted molar refractivity (Wildman–Crippen MR) is 62.7 cm³/mol. The van der Waals surface area contributed by atoms with E-state index in [1.807, 2.05) is 0 Å². The first-order valence-electron chi connectivity index (χ1n) is 5.71. The van der Waals surface area contributed by atoms with Crippen LogP contribution in [0.1, 0.15) is 37.7 Å². The van der Waals surface area contributed by atoms with Gasteiger partial charge in [-0.15, -0.1) is 0 Å². The Morgan fingerprint density at radius 3 is 2.81 bits per heavy atom. The van der Waals surface area contributed by atoms with Gasteiger partial charge in [-0.1, -0.05) is 18.0 Å². The van der Waals surface area contributed by atoms with E-state index in [0.29, 0.717) is 16.5 Å². The van der Waals surface area contributed by atoms with Crippen molar-refractivity contribution in [3.8, 4) is 5.88 Å². The molecule has 0 amide bonds. The van der Waals surface area contributed by atoms with Crippen molar-refractivity contribution >= 4 is 11.6 Å². The first kappa shape index (κ1) is 11.7. The Hall–Kier alpha value is -0.800. The highest BCUT2D eigenvalue weighted by atomic mass is 35.5. The lowest BCUT2D eigenvalue weighted by molar-refractivity contribution is 0.148. The lowest BCUT2D eigenvalue weighted by Crippen LogP contribution is -2.20. The lowest BCUT2D eigenvalue weighted by Gasteiger charge is -2.22. The molecule has 1 aromatic rings. The van der Waals surface area contributed by atoms with Crippen molar-refractivity contribution in [3.05, 3.63) is 22.8 Å². The number of hydrogen-bond donors (Lipinski definition) is 1. The van der Waals surface area contributed by atoms with Crippen molar-refractivity contribution in [3.63, 3.8) is 0 Å². The van der Waals surface area contributed by atoms with Crippen LogP contribution in [0.15, 0.2) is 12.3 Å². The minimum absolute atomic E-state index is 0.0810. The third-order valence-electron chi connectivity index (χ3n) is 2.92. The largest absolute Gasteiger partial charge is 0.474 e. The quantitative estimate of drug-likeness (QED) is 0.885. The molecule has 4 heteroatoms. The Morgan fingerprint density at radius 1 is 1.38 bits per heavy atom. The van der Waals surface area contributed by atoms with Gasteiger partial charge >= 0.3 is 0 Å². The summed E-state index contributed by atoms with van der Waals surface area (Å²) in [5.41, 5.74) is 0.669. The van der Waals surface area contributed by atoms with Crippen molar-refractivity contribution in [2.24, 2.45) is 0 Å². The summed E-state index contributed by atoms with van der Waals surface area (Å²) in [5.74, 6) is 0.570. The molecule has 0 spiro atoms. The van der Waals surface area contributed by atoms with Crippen molar-refractivity contribution in [1.82, 2.24) is 4.98 Å². The van der Waals surface area contributed by atoms with E-state index in [2.05, 4.69) is 4.98 Å². The molecule has 0 aliphatic heterocycles. The predicted octanol–water partition coefficient (Wildman–Crippen LogP) is 2.94. The molecule has 16 heavy (non-hydrogen) atoms. The normalized spacial score (nSPS) is 17.4. The second kappa shape index (κ2) is 5.51. The van der Waals surface area contributed by atoms with Crippen LogP contribution in [0, 0.1) is 0 Å². The standard InChI is InChI=1S/C12H16ClNO2/c13-11-7-14-12(6-9(11)8-15)16-10-4-2-1-3-5-10/h6-7,10,15H,1-5,8H2. The fourth-order valence-corrected chi connectivity index (χ4v) is 2.16. The summed E-state index contributed by atoms with van der Waals surface area (Å²) in [6.45, 7) is -0.0810. The molecule has 0 bridgehead atoms. The zero-order valence-corrected chi connectivity index (χ0v) is 9.91. The van der Waals surface area contributed by atoms with Crippen molar-refractivity contribution < 1.29 is 9.84 Å². The molecule has 1 aliphatic rings. The molecule has 0 unspecified atom stereocenters. The molecule has 0 saturated heterocycles. The zero-order chi connectivity index (χ0) is 11.4. The number of aliphatic hydroxyl groups excluding tert-OH is 1. The average Bonchev–Trinajstić information content (AvgIpc) is 2.33. The van der Waals surface area contributed by atoms with E-state index in [1.165, 1.54) is 25.5 Å². The van der Waals surface area contributed by atoms with Crippen LogP contribution in [-0.2, 0) is 6.61 Å². The Kier molecular flexibility index (Phi) is 4.02.